The average Bonchev–Trinajstić information content (AvgIpc) is 3.26. The normalized spacial score (nSPS) is 12.6. The Morgan fingerprint density at radius 1 is 1.28 bits per heavy atom. The second-order valence-electron chi connectivity index (χ2n) is 7.06. The number of imidazole rings is 1. The van der Waals surface area contributed by atoms with Crippen LogP contribution in [0.25, 0.3) is 22.1 Å². The third-order valence-electron chi connectivity index (χ3n) is 4.93. The molecule has 0 radical (unpaired) electrons. The number of hydrogen-bond donors (Lipinski definition) is 1. The fraction of sp³-hybridized carbons (Fsp3) is 0.333. The van der Waals surface area contributed by atoms with Crippen LogP contribution in [0.4, 0.5) is 0 Å². The lowest BCUT2D eigenvalue weighted by atomic mass is 10.1. The Labute approximate surface area is 167 Å². The molecule has 1 atom stereocenters. The van der Waals surface area contributed by atoms with Crippen molar-refractivity contribution in [3.05, 3.63) is 53.1 Å². The van der Waals surface area contributed by atoms with E-state index in [9.17, 15) is 4.79 Å². The van der Waals surface area contributed by atoms with Gasteiger partial charge in [-0.3, -0.25) is 4.79 Å². The Bertz CT molecular complexity index is 1190. The molecule has 1 aromatic carbocycles. The number of aryl methyl sites for hydroxylation is 2. The molecule has 4 rings (SSSR count). The van der Waals surface area contributed by atoms with Gasteiger partial charge in [0.25, 0.3) is 11.6 Å². The number of carbonyl (C=O) groups is 1. The Hall–Kier alpha value is -3.26. The number of ether oxygens (including phenoxy) is 1. The van der Waals surface area contributed by atoms with Crippen LogP contribution < -0.4 is 5.32 Å². The molecule has 8 heteroatoms. The zero-order valence-electron chi connectivity index (χ0n) is 16.9. The molecule has 1 amide bonds. The predicted molar refractivity (Wildman–Crippen MR) is 109 cm³/mol. The maximum atomic E-state index is 13.1. The number of pyridine rings is 1. The van der Waals surface area contributed by atoms with Gasteiger partial charge in [0, 0.05) is 19.3 Å². The van der Waals surface area contributed by atoms with Crippen LogP contribution in [0.5, 0.6) is 0 Å². The van der Waals surface area contributed by atoms with Crippen molar-refractivity contribution in [3.8, 4) is 0 Å². The highest BCUT2D eigenvalue weighted by molar-refractivity contribution is 6.06. The minimum absolute atomic E-state index is 0.218. The summed E-state index contributed by atoms with van der Waals surface area (Å²) >= 11 is 0. The van der Waals surface area contributed by atoms with Crippen LogP contribution in [0.1, 0.15) is 40.5 Å². The summed E-state index contributed by atoms with van der Waals surface area (Å²) in [6, 6.07) is 9.36. The van der Waals surface area contributed by atoms with E-state index < -0.39 is 0 Å². The van der Waals surface area contributed by atoms with E-state index in [1.807, 2.05) is 38.1 Å². The number of carbonyl (C=O) groups excluding carboxylic acids is 1. The Kier molecular flexibility index (Phi) is 5.02. The van der Waals surface area contributed by atoms with Crippen molar-refractivity contribution < 1.29 is 14.1 Å². The third-order valence-corrected chi connectivity index (χ3v) is 4.93. The number of para-hydroxylation sites is 2. The molecule has 0 aliphatic rings. The van der Waals surface area contributed by atoms with Crippen molar-refractivity contribution in [3.63, 3.8) is 0 Å². The van der Waals surface area contributed by atoms with E-state index in [-0.39, 0.29) is 11.9 Å². The van der Waals surface area contributed by atoms with Gasteiger partial charge in [0.2, 0.25) is 0 Å². The first-order chi connectivity index (χ1) is 14.0. The lowest BCUT2D eigenvalue weighted by molar-refractivity contribution is 0.0938. The predicted octanol–water partition coefficient (Wildman–Crippen LogP) is 3.33. The highest BCUT2D eigenvalue weighted by Gasteiger charge is 2.22. The second kappa shape index (κ2) is 7.63. The first kappa shape index (κ1) is 19.1. The van der Waals surface area contributed by atoms with Gasteiger partial charge < -0.3 is 19.1 Å². The molecule has 0 fully saturated rings. The van der Waals surface area contributed by atoms with Crippen LogP contribution in [-0.4, -0.2) is 39.3 Å². The van der Waals surface area contributed by atoms with Crippen molar-refractivity contribution in [2.75, 3.05) is 13.7 Å². The molecule has 150 valence electrons. The Balaban J connectivity index is 1.69. The van der Waals surface area contributed by atoms with Gasteiger partial charge in [0.15, 0.2) is 0 Å². The van der Waals surface area contributed by atoms with Gasteiger partial charge in [0.1, 0.15) is 5.82 Å². The van der Waals surface area contributed by atoms with Crippen molar-refractivity contribution in [1.82, 2.24) is 25.0 Å². The molecule has 8 nitrogen and oxygen atoms in total. The molecule has 1 N–H and O–H groups in total. The van der Waals surface area contributed by atoms with Gasteiger partial charge in [-0.05, 0) is 39.0 Å². The van der Waals surface area contributed by atoms with Crippen LogP contribution in [0.2, 0.25) is 0 Å². The van der Waals surface area contributed by atoms with E-state index in [0.717, 1.165) is 16.9 Å². The van der Waals surface area contributed by atoms with Crippen LogP contribution >= 0.6 is 0 Å². The molecule has 0 aliphatic heterocycles. The zero-order chi connectivity index (χ0) is 20.5. The minimum atomic E-state index is -0.310. The first-order valence-corrected chi connectivity index (χ1v) is 9.48. The summed E-state index contributed by atoms with van der Waals surface area (Å²) in [6.45, 7) is 6.75. The van der Waals surface area contributed by atoms with Crippen molar-refractivity contribution >= 4 is 28.0 Å². The van der Waals surface area contributed by atoms with Crippen molar-refractivity contribution in [1.29, 1.82) is 0 Å². The van der Waals surface area contributed by atoms with Gasteiger partial charge in [-0.15, -0.1) is 0 Å². The molecule has 3 heterocycles. The van der Waals surface area contributed by atoms with Gasteiger partial charge >= 0.3 is 0 Å². The number of benzene rings is 1. The summed E-state index contributed by atoms with van der Waals surface area (Å²) in [5.41, 5.74) is 4.09. The molecule has 4 aromatic rings. The summed E-state index contributed by atoms with van der Waals surface area (Å²) in [7, 11) is 1.67. The molecule has 0 bridgehead atoms. The SMILES string of the molecule is COCCn1c(C(C)NC(=O)c2cc(C)nc3onc(C)c23)nc2ccccc21. The fourth-order valence-corrected chi connectivity index (χ4v) is 3.58. The smallest absolute Gasteiger partial charge is 0.258 e. The second-order valence-corrected chi connectivity index (χ2v) is 7.06. The maximum absolute atomic E-state index is 13.1. The third kappa shape index (κ3) is 3.47. The summed E-state index contributed by atoms with van der Waals surface area (Å²) in [6.07, 6.45) is 0. The molecule has 0 aliphatic carbocycles. The fourth-order valence-electron chi connectivity index (χ4n) is 3.58. The van der Waals surface area contributed by atoms with Crippen LogP contribution in [0, 0.1) is 13.8 Å². The van der Waals surface area contributed by atoms with E-state index in [1.54, 1.807) is 20.1 Å². The topological polar surface area (TPSA) is 95.1 Å². The van der Waals surface area contributed by atoms with Crippen molar-refractivity contribution in [2.45, 2.75) is 33.4 Å². The van der Waals surface area contributed by atoms with E-state index in [2.05, 4.69) is 20.0 Å². The monoisotopic (exact) mass is 393 g/mol. The molecule has 1 unspecified atom stereocenters. The molecule has 0 spiro atoms. The van der Waals surface area contributed by atoms with E-state index in [4.69, 9.17) is 14.2 Å². The van der Waals surface area contributed by atoms with Crippen LogP contribution in [-0.2, 0) is 11.3 Å². The Morgan fingerprint density at radius 3 is 2.86 bits per heavy atom. The number of aromatic nitrogens is 4. The Morgan fingerprint density at radius 2 is 2.07 bits per heavy atom. The van der Waals surface area contributed by atoms with Gasteiger partial charge in [-0.2, -0.15) is 0 Å². The summed E-state index contributed by atoms with van der Waals surface area (Å²) < 4.78 is 12.6. The van der Waals surface area contributed by atoms with Crippen molar-refractivity contribution in [2.24, 2.45) is 0 Å². The van der Waals surface area contributed by atoms with Crippen LogP contribution in [0.15, 0.2) is 34.9 Å². The van der Waals surface area contributed by atoms with Gasteiger partial charge in [0.05, 0.1) is 40.3 Å². The van der Waals surface area contributed by atoms with E-state index >= 15 is 0 Å². The first-order valence-electron chi connectivity index (χ1n) is 9.48. The number of amides is 1. The summed E-state index contributed by atoms with van der Waals surface area (Å²) in [5.74, 6) is 0.560. The van der Waals surface area contributed by atoms with Gasteiger partial charge in [-0.25, -0.2) is 9.97 Å². The van der Waals surface area contributed by atoms with Crippen LogP contribution in [0.3, 0.4) is 0 Å². The standard InChI is InChI=1S/C21H23N5O3/c1-12-11-15(18-13(2)25-29-21(18)22-12)20(27)23-14(3)19-24-16-7-5-6-8-17(16)26(19)9-10-28-4/h5-8,11,14H,9-10H2,1-4H3,(H,23,27). The molecular formula is C21H23N5O3. The summed E-state index contributed by atoms with van der Waals surface area (Å²) in [5, 5.41) is 7.64. The average molecular weight is 393 g/mol. The maximum Gasteiger partial charge on any atom is 0.258 e. The molecular weight excluding hydrogens is 370 g/mol. The number of hydrogen-bond acceptors (Lipinski definition) is 6. The molecule has 29 heavy (non-hydrogen) atoms. The number of fused-ring (bicyclic) bond motifs is 2. The highest BCUT2D eigenvalue weighted by atomic mass is 16.5. The lowest BCUT2D eigenvalue weighted by Crippen LogP contribution is -2.29. The lowest BCUT2D eigenvalue weighted by Gasteiger charge is -2.16. The molecule has 0 saturated heterocycles. The van der Waals surface area contributed by atoms with E-state index in [0.29, 0.717) is 41.2 Å². The largest absolute Gasteiger partial charge is 0.383 e. The highest BCUT2D eigenvalue weighted by Crippen LogP contribution is 2.24. The number of nitrogens with one attached hydrogen (secondary N) is 1. The number of nitrogens with zero attached hydrogens (tertiary/aromatic N) is 4. The summed E-state index contributed by atoms with van der Waals surface area (Å²) in [4.78, 5) is 22.2. The number of rotatable bonds is 6. The van der Waals surface area contributed by atoms with Gasteiger partial charge in [-0.1, -0.05) is 17.3 Å². The number of methoxy groups -OCH3 is 1. The molecule has 3 aromatic heterocycles. The van der Waals surface area contributed by atoms with E-state index in [1.165, 1.54) is 0 Å². The zero-order valence-corrected chi connectivity index (χ0v) is 16.9. The molecule has 0 saturated carbocycles. The quantitative estimate of drug-likeness (QED) is 0.540. The minimum Gasteiger partial charge on any atom is -0.383 e.